The van der Waals surface area contributed by atoms with Gasteiger partial charge in [0.15, 0.2) is 0 Å². The molecular weight excluding hydrogens is 186 g/mol. The predicted molar refractivity (Wildman–Crippen MR) is 63.0 cm³/mol. The first-order valence-corrected chi connectivity index (χ1v) is 6.56. The lowest BCUT2D eigenvalue weighted by Crippen LogP contribution is -2.32. The SMILES string of the molecule is CNC(C)C1(CCCC2CCCO2)CC1. The van der Waals surface area contributed by atoms with Crippen molar-refractivity contribution in [3.8, 4) is 0 Å². The van der Waals surface area contributed by atoms with Crippen LogP contribution in [-0.2, 0) is 4.74 Å². The zero-order valence-electron chi connectivity index (χ0n) is 10.2. The van der Waals surface area contributed by atoms with Crippen LogP contribution < -0.4 is 5.32 Å². The van der Waals surface area contributed by atoms with Crippen LogP contribution in [0.1, 0.15) is 51.9 Å². The Morgan fingerprint density at radius 2 is 2.27 bits per heavy atom. The lowest BCUT2D eigenvalue weighted by atomic mass is 9.90. The summed E-state index contributed by atoms with van der Waals surface area (Å²) < 4.78 is 5.66. The molecule has 0 aromatic rings. The van der Waals surface area contributed by atoms with E-state index in [-0.39, 0.29) is 0 Å². The summed E-state index contributed by atoms with van der Waals surface area (Å²) >= 11 is 0. The normalized spacial score (nSPS) is 30.4. The van der Waals surface area contributed by atoms with Gasteiger partial charge in [-0.05, 0) is 57.9 Å². The van der Waals surface area contributed by atoms with Crippen LogP contribution in [0.15, 0.2) is 0 Å². The quantitative estimate of drug-likeness (QED) is 0.729. The van der Waals surface area contributed by atoms with Crippen LogP contribution in [0.4, 0.5) is 0 Å². The van der Waals surface area contributed by atoms with E-state index in [2.05, 4.69) is 19.3 Å². The zero-order chi connectivity index (χ0) is 10.7. The van der Waals surface area contributed by atoms with Crippen molar-refractivity contribution >= 4 is 0 Å². The van der Waals surface area contributed by atoms with Crippen LogP contribution in [0.25, 0.3) is 0 Å². The first-order chi connectivity index (χ1) is 7.27. The molecule has 2 atom stereocenters. The van der Waals surface area contributed by atoms with Gasteiger partial charge in [0.25, 0.3) is 0 Å². The third-order valence-corrected chi connectivity index (χ3v) is 4.47. The van der Waals surface area contributed by atoms with Gasteiger partial charge in [-0.3, -0.25) is 0 Å². The number of hydrogen-bond donors (Lipinski definition) is 1. The Labute approximate surface area is 93.8 Å². The Hall–Kier alpha value is -0.0800. The van der Waals surface area contributed by atoms with Crippen LogP contribution >= 0.6 is 0 Å². The molecule has 0 aromatic heterocycles. The minimum Gasteiger partial charge on any atom is -0.378 e. The van der Waals surface area contributed by atoms with Crippen LogP contribution in [0.5, 0.6) is 0 Å². The molecule has 1 aliphatic heterocycles. The standard InChI is InChI=1S/C13H25NO/c1-11(14-2)13(8-9-13)7-3-5-12-6-4-10-15-12/h11-12,14H,3-10H2,1-2H3. The molecule has 88 valence electrons. The van der Waals surface area contributed by atoms with Crippen LogP contribution in [-0.4, -0.2) is 25.8 Å². The van der Waals surface area contributed by atoms with Crippen molar-refractivity contribution in [2.75, 3.05) is 13.7 Å². The maximum atomic E-state index is 5.66. The molecule has 1 saturated carbocycles. The molecular formula is C13H25NO. The summed E-state index contributed by atoms with van der Waals surface area (Å²) in [5, 5.41) is 3.41. The Bertz CT molecular complexity index is 195. The van der Waals surface area contributed by atoms with Crippen molar-refractivity contribution in [2.24, 2.45) is 5.41 Å². The molecule has 2 unspecified atom stereocenters. The number of nitrogens with one attached hydrogen (secondary N) is 1. The van der Waals surface area contributed by atoms with Crippen molar-refractivity contribution in [3.05, 3.63) is 0 Å². The van der Waals surface area contributed by atoms with E-state index in [0.717, 1.165) is 6.61 Å². The highest BCUT2D eigenvalue weighted by Gasteiger charge is 2.45. The van der Waals surface area contributed by atoms with Gasteiger partial charge in [0.05, 0.1) is 6.10 Å². The highest BCUT2D eigenvalue weighted by atomic mass is 16.5. The molecule has 0 bridgehead atoms. The second kappa shape index (κ2) is 4.84. The molecule has 2 nitrogen and oxygen atoms in total. The van der Waals surface area contributed by atoms with E-state index < -0.39 is 0 Å². The largest absolute Gasteiger partial charge is 0.378 e. The molecule has 2 fully saturated rings. The monoisotopic (exact) mass is 211 g/mol. The van der Waals surface area contributed by atoms with E-state index in [1.807, 2.05) is 0 Å². The van der Waals surface area contributed by atoms with Crippen LogP contribution in [0.2, 0.25) is 0 Å². The van der Waals surface area contributed by atoms with Gasteiger partial charge in [-0.2, -0.15) is 0 Å². The summed E-state index contributed by atoms with van der Waals surface area (Å²) in [6.07, 6.45) is 10.1. The summed E-state index contributed by atoms with van der Waals surface area (Å²) in [6, 6.07) is 0.696. The fraction of sp³-hybridized carbons (Fsp3) is 1.00. The van der Waals surface area contributed by atoms with Crippen molar-refractivity contribution in [2.45, 2.75) is 64.0 Å². The van der Waals surface area contributed by atoms with E-state index in [4.69, 9.17) is 4.74 Å². The summed E-state index contributed by atoms with van der Waals surface area (Å²) in [5.41, 5.74) is 0.646. The van der Waals surface area contributed by atoms with Crippen LogP contribution in [0, 0.1) is 5.41 Å². The lowest BCUT2D eigenvalue weighted by Gasteiger charge is -2.23. The van der Waals surface area contributed by atoms with Gasteiger partial charge < -0.3 is 10.1 Å². The molecule has 0 radical (unpaired) electrons. The highest BCUT2D eigenvalue weighted by Crippen LogP contribution is 2.52. The molecule has 2 heteroatoms. The van der Waals surface area contributed by atoms with Gasteiger partial charge in [0.1, 0.15) is 0 Å². The molecule has 1 heterocycles. The zero-order valence-corrected chi connectivity index (χ0v) is 10.2. The smallest absolute Gasteiger partial charge is 0.0576 e. The minimum absolute atomic E-state index is 0.589. The van der Waals surface area contributed by atoms with E-state index in [0.29, 0.717) is 17.6 Å². The van der Waals surface area contributed by atoms with Gasteiger partial charge in [-0.25, -0.2) is 0 Å². The molecule has 0 amide bonds. The average molecular weight is 211 g/mol. The molecule has 1 aliphatic carbocycles. The minimum atomic E-state index is 0.589. The third-order valence-electron chi connectivity index (χ3n) is 4.47. The summed E-state index contributed by atoms with van der Waals surface area (Å²) in [5.74, 6) is 0. The fourth-order valence-corrected chi connectivity index (χ4v) is 2.92. The summed E-state index contributed by atoms with van der Waals surface area (Å²) in [6.45, 7) is 3.34. The Morgan fingerprint density at radius 1 is 1.47 bits per heavy atom. The van der Waals surface area contributed by atoms with E-state index >= 15 is 0 Å². The summed E-state index contributed by atoms with van der Waals surface area (Å²) in [4.78, 5) is 0. The second-order valence-corrected chi connectivity index (χ2v) is 5.40. The molecule has 15 heavy (non-hydrogen) atoms. The second-order valence-electron chi connectivity index (χ2n) is 5.40. The molecule has 2 aliphatic rings. The Balaban J connectivity index is 1.64. The third kappa shape index (κ3) is 2.73. The molecule has 0 aromatic carbocycles. The summed E-state index contributed by atoms with van der Waals surface area (Å²) in [7, 11) is 2.09. The van der Waals surface area contributed by atoms with Gasteiger partial charge in [0, 0.05) is 12.6 Å². The fourth-order valence-electron chi connectivity index (χ4n) is 2.92. The van der Waals surface area contributed by atoms with Crippen molar-refractivity contribution in [1.29, 1.82) is 0 Å². The van der Waals surface area contributed by atoms with Gasteiger partial charge >= 0.3 is 0 Å². The average Bonchev–Trinajstić information content (AvgIpc) is 2.86. The predicted octanol–water partition coefficient (Wildman–Crippen LogP) is 2.72. The lowest BCUT2D eigenvalue weighted by molar-refractivity contribution is 0.0996. The number of hydrogen-bond acceptors (Lipinski definition) is 2. The van der Waals surface area contributed by atoms with Crippen molar-refractivity contribution in [1.82, 2.24) is 5.32 Å². The number of ether oxygens (including phenoxy) is 1. The van der Waals surface area contributed by atoms with Crippen LogP contribution in [0.3, 0.4) is 0 Å². The first-order valence-electron chi connectivity index (χ1n) is 6.56. The van der Waals surface area contributed by atoms with Crippen molar-refractivity contribution < 1.29 is 4.74 Å². The first kappa shape index (κ1) is 11.4. The van der Waals surface area contributed by atoms with Gasteiger partial charge in [0.2, 0.25) is 0 Å². The highest BCUT2D eigenvalue weighted by molar-refractivity contribution is 4.99. The maximum Gasteiger partial charge on any atom is 0.0576 e. The van der Waals surface area contributed by atoms with E-state index in [1.165, 1.54) is 44.9 Å². The molecule has 1 saturated heterocycles. The molecule has 1 N–H and O–H groups in total. The van der Waals surface area contributed by atoms with E-state index in [1.54, 1.807) is 0 Å². The maximum absolute atomic E-state index is 5.66. The van der Waals surface area contributed by atoms with Crippen molar-refractivity contribution in [3.63, 3.8) is 0 Å². The number of rotatable bonds is 6. The van der Waals surface area contributed by atoms with E-state index in [9.17, 15) is 0 Å². The Morgan fingerprint density at radius 3 is 2.80 bits per heavy atom. The molecule has 2 rings (SSSR count). The topological polar surface area (TPSA) is 21.3 Å². The van der Waals surface area contributed by atoms with Gasteiger partial charge in [-0.1, -0.05) is 6.42 Å². The Kier molecular flexibility index (Phi) is 3.68. The molecule has 0 spiro atoms. The van der Waals surface area contributed by atoms with Gasteiger partial charge in [-0.15, -0.1) is 0 Å².